The standard InChI is InChI=1S/C15H19ClN4O/c1-4-7-17-14-13(21-3)15(19-9-18-14)20-12-8-11(16)6-5-10(12)2/h5-6,8-9H,4,7H2,1-3H3,(H2,17,18,19,20). The van der Waals surface area contributed by atoms with Gasteiger partial charge in [-0.25, -0.2) is 9.97 Å². The molecule has 0 radical (unpaired) electrons. The van der Waals surface area contributed by atoms with E-state index in [0.29, 0.717) is 22.4 Å². The van der Waals surface area contributed by atoms with Crippen LogP contribution in [0.2, 0.25) is 5.02 Å². The van der Waals surface area contributed by atoms with Crippen LogP contribution in [0, 0.1) is 6.92 Å². The summed E-state index contributed by atoms with van der Waals surface area (Å²) < 4.78 is 5.43. The van der Waals surface area contributed by atoms with Crippen molar-refractivity contribution in [3.8, 4) is 5.75 Å². The molecule has 0 fully saturated rings. The molecule has 0 amide bonds. The second kappa shape index (κ2) is 7.13. The number of hydrogen-bond acceptors (Lipinski definition) is 5. The molecule has 2 rings (SSSR count). The van der Waals surface area contributed by atoms with E-state index in [1.54, 1.807) is 7.11 Å². The van der Waals surface area contributed by atoms with Crippen LogP contribution in [0.15, 0.2) is 24.5 Å². The van der Waals surface area contributed by atoms with Gasteiger partial charge in [-0.05, 0) is 31.0 Å². The fourth-order valence-corrected chi connectivity index (χ4v) is 2.05. The van der Waals surface area contributed by atoms with Crippen LogP contribution in [0.3, 0.4) is 0 Å². The van der Waals surface area contributed by atoms with E-state index in [-0.39, 0.29) is 0 Å². The highest BCUT2D eigenvalue weighted by molar-refractivity contribution is 6.30. The predicted octanol–water partition coefficient (Wildman–Crippen LogP) is 4.01. The molecule has 0 saturated carbocycles. The Hall–Kier alpha value is -2.01. The van der Waals surface area contributed by atoms with E-state index < -0.39 is 0 Å². The molecule has 0 bridgehead atoms. The van der Waals surface area contributed by atoms with E-state index in [2.05, 4.69) is 27.5 Å². The van der Waals surface area contributed by atoms with Gasteiger partial charge in [-0.15, -0.1) is 0 Å². The van der Waals surface area contributed by atoms with Crippen molar-refractivity contribution in [3.63, 3.8) is 0 Å². The molecule has 0 atom stereocenters. The SMILES string of the molecule is CCCNc1ncnc(Nc2cc(Cl)ccc2C)c1OC. The molecule has 2 aromatic rings. The second-order valence-corrected chi connectivity index (χ2v) is 5.05. The molecule has 0 aliphatic rings. The van der Waals surface area contributed by atoms with Gasteiger partial charge in [-0.1, -0.05) is 24.6 Å². The largest absolute Gasteiger partial charge is 0.490 e. The molecule has 21 heavy (non-hydrogen) atoms. The number of hydrogen-bond donors (Lipinski definition) is 2. The molecule has 5 nitrogen and oxygen atoms in total. The average molecular weight is 307 g/mol. The third kappa shape index (κ3) is 3.76. The van der Waals surface area contributed by atoms with E-state index >= 15 is 0 Å². The van der Waals surface area contributed by atoms with Crippen LogP contribution in [0.4, 0.5) is 17.3 Å². The number of aryl methyl sites for hydroxylation is 1. The number of ether oxygens (including phenoxy) is 1. The van der Waals surface area contributed by atoms with Crippen molar-refractivity contribution in [1.29, 1.82) is 0 Å². The van der Waals surface area contributed by atoms with Gasteiger partial charge in [0.2, 0.25) is 5.75 Å². The summed E-state index contributed by atoms with van der Waals surface area (Å²) in [6.45, 7) is 4.92. The Labute approximate surface area is 129 Å². The zero-order valence-electron chi connectivity index (χ0n) is 12.4. The number of nitrogens with one attached hydrogen (secondary N) is 2. The first-order valence-electron chi connectivity index (χ1n) is 6.81. The molecule has 2 N–H and O–H groups in total. The summed E-state index contributed by atoms with van der Waals surface area (Å²) in [5, 5.41) is 7.14. The third-order valence-corrected chi connectivity index (χ3v) is 3.24. The number of rotatable bonds is 6. The first-order chi connectivity index (χ1) is 10.2. The van der Waals surface area contributed by atoms with Gasteiger partial charge in [0.1, 0.15) is 6.33 Å². The van der Waals surface area contributed by atoms with Gasteiger partial charge in [0, 0.05) is 17.3 Å². The monoisotopic (exact) mass is 306 g/mol. The van der Waals surface area contributed by atoms with Crippen molar-refractivity contribution in [2.45, 2.75) is 20.3 Å². The van der Waals surface area contributed by atoms with Gasteiger partial charge in [-0.3, -0.25) is 0 Å². The van der Waals surface area contributed by atoms with Crippen LogP contribution >= 0.6 is 11.6 Å². The highest BCUT2D eigenvalue weighted by atomic mass is 35.5. The summed E-state index contributed by atoms with van der Waals surface area (Å²) >= 11 is 6.04. The minimum Gasteiger partial charge on any atom is -0.490 e. The smallest absolute Gasteiger partial charge is 0.204 e. The first-order valence-corrected chi connectivity index (χ1v) is 7.19. The molecule has 1 aromatic heterocycles. The molecule has 1 aromatic carbocycles. The maximum Gasteiger partial charge on any atom is 0.204 e. The highest BCUT2D eigenvalue weighted by Gasteiger charge is 2.12. The number of aromatic nitrogens is 2. The van der Waals surface area contributed by atoms with Gasteiger partial charge in [-0.2, -0.15) is 0 Å². The Bertz CT molecular complexity index is 619. The number of halogens is 1. The Kier molecular flexibility index (Phi) is 5.22. The Morgan fingerprint density at radius 2 is 2.00 bits per heavy atom. The zero-order valence-corrected chi connectivity index (χ0v) is 13.2. The molecule has 6 heteroatoms. The predicted molar refractivity (Wildman–Crippen MR) is 86.8 cm³/mol. The Morgan fingerprint density at radius 1 is 1.24 bits per heavy atom. The van der Waals surface area contributed by atoms with Gasteiger partial charge in [0.25, 0.3) is 0 Å². The van der Waals surface area contributed by atoms with Crippen LogP contribution in [0.25, 0.3) is 0 Å². The molecule has 0 aliphatic heterocycles. The normalized spacial score (nSPS) is 10.3. The average Bonchev–Trinajstić information content (AvgIpc) is 2.49. The molecule has 0 spiro atoms. The van der Waals surface area contributed by atoms with Crippen LogP contribution < -0.4 is 15.4 Å². The van der Waals surface area contributed by atoms with Gasteiger partial charge < -0.3 is 15.4 Å². The van der Waals surface area contributed by atoms with Crippen molar-refractivity contribution < 1.29 is 4.74 Å². The second-order valence-electron chi connectivity index (χ2n) is 4.62. The highest BCUT2D eigenvalue weighted by Crippen LogP contribution is 2.32. The molecule has 0 unspecified atom stereocenters. The minimum atomic E-state index is 0.588. The Balaban J connectivity index is 2.33. The van der Waals surface area contributed by atoms with Crippen molar-refractivity contribution in [2.75, 3.05) is 24.3 Å². The fourth-order valence-electron chi connectivity index (χ4n) is 1.88. The topological polar surface area (TPSA) is 59.1 Å². The van der Waals surface area contributed by atoms with Gasteiger partial charge >= 0.3 is 0 Å². The van der Waals surface area contributed by atoms with E-state index in [1.165, 1.54) is 6.33 Å². The molecule has 0 saturated heterocycles. The summed E-state index contributed by atoms with van der Waals surface area (Å²) in [7, 11) is 1.60. The van der Waals surface area contributed by atoms with Crippen LogP contribution in [-0.2, 0) is 0 Å². The zero-order chi connectivity index (χ0) is 15.2. The quantitative estimate of drug-likeness (QED) is 0.844. The molecular formula is C15H19ClN4O. The number of methoxy groups -OCH3 is 1. The fraction of sp³-hybridized carbons (Fsp3) is 0.333. The molecule has 0 aliphatic carbocycles. The summed E-state index contributed by atoms with van der Waals surface area (Å²) in [6.07, 6.45) is 2.51. The van der Waals surface area contributed by atoms with Gasteiger partial charge in [0.15, 0.2) is 11.6 Å². The summed E-state index contributed by atoms with van der Waals surface area (Å²) in [6, 6.07) is 5.67. The van der Waals surface area contributed by atoms with Crippen LogP contribution in [0.5, 0.6) is 5.75 Å². The summed E-state index contributed by atoms with van der Waals surface area (Å²) in [5.74, 6) is 1.87. The lowest BCUT2D eigenvalue weighted by Gasteiger charge is -2.15. The molecule has 1 heterocycles. The van der Waals surface area contributed by atoms with Crippen molar-refractivity contribution >= 4 is 28.9 Å². The van der Waals surface area contributed by atoms with Crippen molar-refractivity contribution in [1.82, 2.24) is 9.97 Å². The van der Waals surface area contributed by atoms with E-state index in [0.717, 1.165) is 24.2 Å². The lowest BCUT2D eigenvalue weighted by molar-refractivity contribution is 0.415. The number of anilines is 3. The number of nitrogens with zero attached hydrogens (tertiary/aromatic N) is 2. The van der Waals surface area contributed by atoms with E-state index in [1.807, 2.05) is 25.1 Å². The lowest BCUT2D eigenvalue weighted by atomic mass is 10.2. The molecular weight excluding hydrogens is 288 g/mol. The lowest BCUT2D eigenvalue weighted by Crippen LogP contribution is -2.07. The first kappa shape index (κ1) is 15.4. The van der Waals surface area contributed by atoms with Crippen LogP contribution in [0.1, 0.15) is 18.9 Å². The maximum atomic E-state index is 6.04. The molecule has 112 valence electrons. The van der Waals surface area contributed by atoms with Crippen molar-refractivity contribution in [3.05, 3.63) is 35.1 Å². The summed E-state index contributed by atoms with van der Waals surface area (Å²) in [5.41, 5.74) is 1.96. The van der Waals surface area contributed by atoms with E-state index in [4.69, 9.17) is 16.3 Å². The minimum absolute atomic E-state index is 0.588. The van der Waals surface area contributed by atoms with Gasteiger partial charge in [0.05, 0.1) is 7.11 Å². The van der Waals surface area contributed by atoms with E-state index in [9.17, 15) is 0 Å². The summed E-state index contributed by atoms with van der Waals surface area (Å²) in [4.78, 5) is 8.47. The van der Waals surface area contributed by atoms with Crippen LogP contribution in [-0.4, -0.2) is 23.6 Å². The number of benzene rings is 1. The Morgan fingerprint density at radius 3 is 2.71 bits per heavy atom. The maximum absolute atomic E-state index is 6.04. The third-order valence-electron chi connectivity index (χ3n) is 3.00. The van der Waals surface area contributed by atoms with Crippen molar-refractivity contribution in [2.24, 2.45) is 0 Å².